The van der Waals surface area contributed by atoms with Crippen molar-refractivity contribution >= 4 is 28.9 Å². The van der Waals surface area contributed by atoms with Crippen LogP contribution < -0.4 is 5.73 Å². The third-order valence-corrected chi connectivity index (χ3v) is 3.48. The number of halogens is 2. The van der Waals surface area contributed by atoms with Gasteiger partial charge in [-0.2, -0.15) is 4.98 Å². The maximum Gasteiger partial charge on any atom is 0.258 e. The fourth-order valence-corrected chi connectivity index (χ4v) is 2.53. The minimum Gasteiger partial charge on any atom is -0.399 e. The van der Waals surface area contributed by atoms with Crippen molar-refractivity contribution in [3.05, 3.63) is 52.0 Å². The second kappa shape index (κ2) is 5.39. The van der Waals surface area contributed by atoms with Gasteiger partial charge in [-0.15, -0.1) is 0 Å². The summed E-state index contributed by atoms with van der Waals surface area (Å²) in [6, 6.07) is 10.6. The number of hydrogen-bond donors (Lipinski definition) is 1. The molecule has 6 heteroatoms. The lowest BCUT2D eigenvalue weighted by Gasteiger charge is -2.01. The van der Waals surface area contributed by atoms with Gasteiger partial charge in [0.2, 0.25) is 5.82 Å². The molecule has 0 saturated heterocycles. The summed E-state index contributed by atoms with van der Waals surface area (Å²) >= 11 is 12.0. The number of hydrogen-bond acceptors (Lipinski definition) is 4. The second-order valence-electron chi connectivity index (χ2n) is 4.66. The van der Waals surface area contributed by atoms with Crippen LogP contribution in [-0.4, -0.2) is 10.1 Å². The molecule has 0 bridgehead atoms. The standard InChI is InChI=1S/C15H11Cl2N3O/c1-8-2-3-12(18)7-13(8)15-19-14(20-21-15)9-4-10(16)6-11(17)5-9/h2-7H,18H2,1H3. The number of rotatable bonds is 2. The zero-order valence-electron chi connectivity index (χ0n) is 11.1. The van der Waals surface area contributed by atoms with Crippen molar-refractivity contribution in [3.8, 4) is 22.8 Å². The van der Waals surface area contributed by atoms with Crippen LogP contribution >= 0.6 is 23.2 Å². The third-order valence-electron chi connectivity index (χ3n) is 3.04. The molecule has 0 spiro atoms. The molecule has 2 aromatic carbocycles. The highest BCUT2D eigenvalue weighted by Gasteiger charge is 2.13. The Hall–Kier alpha value is -2.04. The van der Waals surface area contributed by atoms with E-state index in [1.165, 1.54) is 0 Å². The summed E-state index contributed by atoms with van der Waals surface area (Å²) < 4.78 is 5.32. The van der Waals surface area contributed by atoms with Gasteiger partial charge in [-0.1, -0.05) is 34.4 Å². The summed E-state index contributed by atoms with van der Waals surface area (Å²) in [5.41, 5.74) is 8.95. The van der Waals surface area contributed by atoms with Crippen molar-refractivity contribution in [3.63, 3.8) is 0 Å². The topological polar surface area (TPSA) is 64.9 Å². The number of nitrogen functional groups attached to an aromatic ring is 1. The van der Waals surface area contributed by atoms with Gasteiger partial charge in [0.25, 0.3) is 5.89 Å². The molecule has 0 atom stereocenters. The lowest BCUT2D eigenvalue weighted by molar-refractivity contribution is 0.432. The summed E-state index contributed by atoms with van der Waals surface area (Å²) in [6.07, 6.45) is 0. The van der Waals surface area contributed by atoms with E-state index in [9.17, 15) is 0 Å². The van der Waals surface area contributed by atoms with Crippen LogP contribution in [0.3, 0.4) is 0 Å². The van der Waals surface area contributed by atoms with Crippen molar-refractivity contribution < 1.29 is 4.52 Å². The molecular weight excluding hydrogens is 309 g/mol. The van der Waals surface area contributed by atoms with Crippen LogP contribution in [0.25, 0.3) is 22.8 Å². The summed E-state index contributed by atoms with van der Waals surface area (Å²) in [4.78, 5) is 4.38. The zero-order valence-corrected chi connectivity index (χ0v) is 12.6. The number of nitrogens with zero attached hydrogens (tertiary/aromatic N) is 2. The van der Waals surface area contributed by atoms with Crippen molar-refractivity contribution in [2.45, 2.75) is 6.92 Å². The minimum atomic E-state index is 0.408. The molecule has 0 radical (unpaired) electrons. The Labute approximate surface area is 131 Å². The Kier molecular flexibility index (Phi) is 3.57. The summed E-state index contributed by atoms with van der Waals surface area (Å²) in [7, 11) is 0. The molecule has 3 aromatic rings. The van der Waals surface area contributed by atoms with E-state index in [2.05, 4.69) is 10.1 Å². The van der Waals surface area contributed by atoms with Crippen molar-refractivity contribution in [1.29, 1.82) is 0 Å². The van der Waals surface area contributed by atoms with E-state index in [0.717, 1.165) is 11.1 Å². The average molecular weight is 320 g/mol. The Balaban J connectivity index is 2.05. The first-order valence-electron chi connectivity index (χ1n) is 6.19. The molecule has 3 rings (SSSR count). The Bertz CT molecular complexity index is 794. The van der Waals surface area contributed by atoms with Gasteiger partial charge in [-0.3, -0.25) is 0 Å². The van der Waals surface area contributed by atoms with Crippen LogP contribution in [0.1, 0.15) is 5.56 Å². The van der Waals surface area contributed by atoms with E-state index in [0.29, 0.717) is 33.0 Å². The van der Waals surface area contributed by atoms with E-state index in [1.54, 1.807) is 24.3 Å². The van der Waals surface area contributed by atoms with Gasteiger partial charge in [0.1, 0.15) is 0 Å². The van der Waals surface area contributed by atoms with Gasteiger partial charge < -0.3 is 10.3 Å². The first-order chi connectivity index (χ1) is 10.0. The molecule has 4 nitrogen and oxygen atoms in total. The lowest BCUT2D eigenvalue weighted by atomic mass is 10.1. The number of aryl methyl sites for hydroxylation is 1. The van der Waals surface area contributed by atoms with Gasteiger partial charge in [0.05, 0.1) is 0 Å². The van der Waals surface area contributed by atoms with Crippen LogP contribution in [0.5, 0.6) is 0 Å². The van der Waals surface area contributed by atoms with E-state index < -0.39 is 0 Å². The van der Waals surface area contributed by atoms with E-state index in [-0.39, 0.29) is 0 Å². The lowest BCUT2D eigenvalue weighted by Crippen LogP contribution is -1.89. The van der Waals surface area contributed by atoms with Crippen LogP contribution in [0.2, 0.25) is 10.0 Å². The van der Waals surface area contributed by atoms with Gasteiger partial charge in [-0.25, -0.2) is 0 Å². The molecule has 21 heavy (non-hydrogen) atoms. The van der Waals surface area contributed by atoms with E-state index in [4.69, 9.17) is 33.5 Å². The van der Waals surface area contributed by atoms with Crippen molar-refractivity contribution in [2.75, 3.05) is 5.73 Å². The van der Waals surface area contributed by atoms with Crippen LogP contribution in [-0.2, 0) is 0 Å². The average Bonchev–Trinajstić information content (AvgIpc) is 2.90. The molecule has 0 saturated carbocycles. The summed E-state index contributed by atoms with van der Waals surface area (Å²) in [6.45, 7) is 1.95. The highest BCUT2D eigenvalue weighted by Crippen LogP contribution is 2.29. The second-order valence-corrected chi connectivity index (χ2v) is 5.53. The first kappa shape index (κ1) is 13.9. The van der Waals surface area contributed by atoms with E-state index >= 15 is 0 Å². The van der Waals surface area contributed by atoms with E-state index in [1.807, 2.05) is 19.1 Å². The highest BCUT2D eigenvalue weighted by molar-refractivity contribution is 6.35. The van der Waals surface area contributed by atoms with Gasteiger partial charge >= 0.3 is 0 Å². The Morgan fingerprint density at radius 2 is 1.76 bits per heavy atom. The molecule has 0 fully saturated rings. The van der Waals surface area contributed by atoms with Gasteiger partial charge in [0, 0.05) is 26.9 Å². The molecule has 2 N–H and O–H groups in total. The predicted molar refractivity (Wildman–Crippen MR) is 84.3 cm³/mol. The largest absolute Gasteiger partial charge is 0.399 e. The minimum absolute atomic E-state index is 0.408. The SMILES string of the molecule is Cc1ccc(N)cc1-c1nc(-c2cc(Cl)cc(Cl)c2)no1. The fourth-order valence-electron chi connectivity index (χ4n) is 2.00. The van der Waals surface area contributed by atoms with Gasteiger partial charge in [0.15, 0.2) is 0 Å². The highest BCUT2D eigenvalue weighted by atomic mass is 35.5. The quantitative estimate of drug-likeness (QED) is 0.701. The Morgan fingerprint density at radius 1 is 1.05 bits per heavy atom. The molecule has 106 valence electrons. The summed E-state index contributed by atoms with van der Waals surface area (Å²) in [5.74, 6) is 0.835. The zero-order chi connectivity index (χ0) is 15.0. The third kappa shape index (κ3) is 2.86. The molecule has 0 aliphatic carbocycles. The smallest absolute Gasteiger partial charge is 0.258 e. The van der Waals surface area contributed by atoms with Crippen molar-refractivity contribution in [1.82, 2.24) is 10.1 Å². The van der Waals surface area contributed by atoms with Gasteiger partial charge in [-0.05, 0) is 42.8 Å². The number of benzene rings is 2. The molecule has 0 aliphatic heterocycles. The maximum atomic E-state index is 5.98. The number of anilines is 1. The monoisotopic (exact) mass is 319 g/mol. The van der Waals surface area contributed by atoms with Crippen LogP contribution in [0.15, 0.2) is 40.9 Å². The van der Waals surface area contributed by atoms with Crippen LogP contribution in [0.4, 0.5) is 5.69 Å². The maximum absolute atomic E-state index is 5.98. The molecule has 1 heterocycles. The molecular formula is C15H11Cl2N3O. The molecule has 0 aliphatic rings. The number of nitrogens with two attached hydrogens (primary N) is 1. The number of aromatic nitrogens is 2. The normalized spacial score (nSPS) is 10.8. The van der Waals surface area contributed by atoms with Crippen molar-refractivity contribution in [2.24, 2.45) is 0 Å². The van der Waals surface area contributed by atoms with Crippen LogP contribution in [0, 0.1) is 6.92 Å². The molecule has 0 amide bonds. The predicted octanol–water partition coefficient (Wildman–Crippen LogP) is 4.60. The fraction of sp³-hybridized carbons (Fsp3) is 0.0667. The Morgan fingerprint density at radius 3 is 2.48 bits per heavy atom. The first-order valence-corrected chi connectivity index (χ1v) is 6.95. The molecule has 0 unspecified atom stereocenters. The summed E-state index contributed by atoms with van der Waals surface area (Å²) in [5, 5.41) is 5.01. The molecule has 1 aromatic heterocycles.